The third kappa shape index (κ3) is 2.59. The van der Waals surface area contributed by atoms with Crippen molar-refractivity contribution in [3.8, 4) is 0 Å². The van der Waals surface area contributed by atoms with Crippen molar-refractivity contribution >= 4 is 11.8 Å². The SMILES string of the molecule is COC(=O)c1ncn(CC=C(C)C)c1N. The predicted molar refractivity (Wildman–Crippen MR) is 57.4 cm³/mol. The molecule has 0 atom stereocenters. The van der Waals surface area contributed by atoms with Gasteiger partial charge in [-0.3, -0.25) is 0 Å². The van der Waals surface area contributed by atoms with Gasteiger partial charge in [0.05, 0.1) is 13.4 Å². The molecule has 1 aromatic rings. The number of carbonyl (C=O) groups is 1. The zero-order valence-electron chi connectivity index (χ0n) is 9.15. The van der Waals surface area contributed by atoms with E-state index >= 15 is 0 Å². The Morgan fingerprint density at radius 1 is 1.67 bits per heavy atom. The van der Waals surface area contributed by atoms with Crippen molar-refractivity contribution in [3.05, 3.63) is 23.7 Å². The van der Waals surface area contributed by atoms with Crippen LogP contribution in [0.1, 0.15) is 24.3 Å². The van der Waals surface area contributed by atoms with Gasteiger partial charge in [0.15, 0.2) is 5.69 Å². The number of nitrogens with two attached hydrogens (primary N) is 1. The van der Waals surface area contributed by atoms with E-state index in [1.54, 1.807) is 4.57 Å². The van der Waals surface area contributed by atoms with Gasteiger partial charge in [-0.05, 0) is 13.8 Å². The van der Waals surface area contributed by atoms with E-state index < -0.39 is 5.97 Å². The summed E-state index contributed by atoms with van der Waals surface area (Å²) >= 11 is 0. The molecule has 15 heavy (non-hydrogen) atoms. The lowest BCUT2D eigenvalue weighted by molar-refractivity contribution is 0.0596. The summed E-state index contributed by atoms with van der Waals surface area (Å²) in [7, 11) is 1.30. The largest absolute Gasteiger partial charge is 0.464 e. The van der Waals surface area contributed by atoms with Gasteiger partial charge in [-0.2, -0.15) is 0 Å². The van der Waals surface area contributed by atoms with Crippen molar-refractivity contribution < 1.29 is 9.53 Å². The lowest BCUT2D eigenvalue weighted by Gasteiger charge is -2.01. The van der Waals surface area contributed by atoms with E-state index in [2.05, 4.69) is 9.72 Å². The van der Waals surface area contributed by atoms with Gasteiger partial charge in [-0.25, -0.2) is 9.78 Å². The first-order chi connectivity index (χ1) is 7.06. The van der Waals surface area contributed by atoms with Crippen LogP contribution in [0.3, 0.4) is 0 Å². The first-order valence-electron chi connectivity index (χ1n) is 4.58. The van der Waals surface area contributed by atoms with Crippen LogP contribution in [0.2, 0.25) is 0 Å². The zero-order valence-corrected chi connectivity index (χ0v) is 9.15. The zero-order chi connectivity index (χ0) is 11.4. The molecule has 0 saturated carbocycles. The molecule has 1 rings (SSSR count). The minimum atomic E-state index is -0.511. The number of imidazole rings is 1. The predicted octanol–water partition coefficient (Wildman–Crippen LogP) is 1.22. The molecule has 0 unspecified atom stereocenters. The second-order valence-corrected chi connectivity index (χ2v) is 3.40. The number of anilines is 1. The molecule has 0 aromatic carbocycles. The molecule has 0 aliphatic rings. The van der Waals surface area contributed by atoms with E-state index in [1.165, 1.54) is 19.0 Å². The molecule has 0 radical (unpaired) electrons. The summed E-state index contributed by atoms with van der Waals surface area (Å²) in [6.07, 6.45) is 3.53. The summed E-state index contributed by atoms with van der Waals surface area (Å²) in [5, 5.41) is 0. The molecule has 2 N–H and O–H groups in total. The highest BCUT2D eigenvalue weighted by molar-refractivity contribution is 5.92. The molecular formula is C10H15N3O2. The number of aromatic nitrogens is 2. The normalized spacial score (nSPS) is 9.80. The van der Waals surface area contributed by atoms with Crippen LogP contribution in [0, 0.1) is 0 Å². The van der Waals surface area contributed by atoms with Gasteiger partial charge in [-0.1, -0.05) is 11.6 Å². The number of methoxy groups -OCH3 is 1. The Hall–Kier alpha value is -1.78. The number of hydrogen-bond donors (Lipinski definition) is 1. The Kier molecular flexibility index (Phi) is 3.49. The number of hydrogen-bond acceptors (Lipinski definition) is 4. The summed E-state index contributed by atoms with van der Waals surface area (Å²) in [5.41, 5.74) is 7.09. The van der Waals surface area contributed by atoms with Crippen molar-refractivity contribution in [2.45, 2.75) is 20.4 Å². The Bertz CT molecular complexity index is 389. The first-order valence-corrected chi connectivity index (χ1v) is 4.58. The maximum atomic E-state index is 11.2. The molecule has 5 heteroatoms. The standard InChI is InChI=1S/C10H15N3O2/c1-7(2)4-5-13-6-12-8(9(13)11)10(14)15-3/h4,6H,5,11H2,1-3H3. The van der Waals surface area contributed by atoms with Crippen LogP contribution in [-0.2, 0) is 11.3 Å². The lowest BCUT2D eigenvalue weighted by atomic mass is 10.3. The van der Waals surface area contributed by atoms with Gasteiger partial charge in [0.25, 0.3) is 0 Å². The van der Waals surface area contributed by atoms with Crippen LogP contribution in [0.4, 0.5) is 5.82 Å². The third-order valence-corrected chi connectivity index (χ3v) is 1.95. The monoisotopic (exact) mass is 209 g/mol. The summed E-state index contributed by atoms with van der Waals surface area (Å²) in [4.78, 5) is 15.1. The molecule has 0 saturated heterocycles. The number of esters is 1. The number of rotatable bonds is 3. The molecule has 0 amide bonds. The van der Waals surface area contributed by atoms with Crippen LogP contribution in [0.25, 0.3) is 0 Å². The van der Waals surface area contributed by atoms with Crippen LogP contribution in [0.5, 0.6) is 0 Å². The number of nitrogen functional groups attached to an aromatic ring is 1. The van der Waals surface area contributed by atoms with Crippen molar-refractivity contribution in [3.63, 3.8) is 0 Å². The van der Waals surface area contributed by atoms with Crippen LogP contribution in [0.15, 0.2) is 18.0 Å². The Morgan fingerprint density at radius 3 is 2.87 bits per heavy atom. The van der Waals surface area contributed by atoms with Crippen LogP contribution >= 0.6 is 0 Å². The van der Waals surface area contributed by atoms with Gasteiger partial charge in [-0.15, -0.1) is 0 Å². The highest BCUT2D eigenvalue weighted by Gasteiger charge is 2.15. The van der Waals surface area contributed by atoms with E-state index in [4.69, 9.17) is 5.73 Å². The summed E-state index contributed by atoms with van der Waals surface area (Å²) in [6.45, 7) is 4.60. The smallest absolute Gasteiger partial charge is 0.360 e. The minimum absolute atomic E-state index is 0.166. The lowest BCUT2D eigenvalue weighted by Crippen LogP contribution is -2.08. The van der Waals surface area contributed by atoms with Crippen molar-refractivity contribution in [1.29, 1.82) is 0 Å². The maximum Gasteiger partial charge on any atom is 0.360 e. The quantitative estimate of drug-likeness (QED) is 0.600. The summed E-state index contributed by atoms with van der Waals surface area (Å²) in [6, 6.07) is 0. The van der Waals surface area contributed by atoms with Gasteiger partial charge >= 0.3 is 5.97 Å². The summed E-state index contributed by atoms with van der Waals surface area (Å²) in [5.74, 6) is -0.178. The number of ether oxygens (including phenoxy) is 1. The van der Waals surface area contributed by atoms with Crippen LogP contribution < -0.4 is 5.73 Å². The average Bonchev–Trinajstić information content (AvgIpc) is 2.56. The Balaban J connectivity index is 2.89. The topological polar surface area (TPSA) is 70.1 Å². The van der Waals surface area contributed by atoms with Gasteiger partial charge in [0.1, 0.15) is 5.82 Å². The van der Waals surface area contributed by atoms with Crippen molar-refractivity contribution in [1.82, 2.24) is 9.55 Å². The summed E-state index contributed by atoms with van der Waals surface area (Å²) < 4.78 is 6.24. The fourth-order valence-corrected chi connectivity index (χ4v) is 1.07. The number of allylic oxidation sites excluding steroid dienone is 2. The molecule has 0 aliphatic carbocycles. The molecule has 1 heterocycles. The molecule has 82 valence electrons. The molecule has 0 fully saturated rings. The van der Waals surface area contributed by atoms with Crippen LogP contribution in [-0.4, -0.2) is 22.6 Å². The molecule has 0 aliphatic heterocycles. The second kappa shape index (κ2) is 4.63. The van der Waals surface area contributed by atoms with E-state index in [-0.39, 0.29) is 5.69 Å². The van der Waals surface area contributed by atoms with E-state index in [0.29, 0.717) is 12.4 Å². The Labute approximate surface area is 88.6 Å². The molecule has 5 nitrogen and oxygen atoms in total. The molecule has 0 spiro atoms. The van der Waals surface area contributed by atoms with Gasteiger partial charge in [0.2, 0.25) is 0 Å². The maximum absolute atomic E-state index is 11.2. The fourth-order valence-electron chi connectivity index (χ4n) is 1.07. The molecular weight excluding hydrogens is 194 g/mol. The van der Waals surface area contributed by atoms with Crippen molar-refractivity contribution in [2.75, 3.05) is 12.8 Å². The van der Waals surface area contributed by atoms with E-state index in [1.807, 2.05) is 19.9 Å². The highest BCUT2D eigenvalue weighted by Crippen LogP contribution is 2.11. The molecule has 1 aromatic heterocycles. The van der Waals surface area contributed by atoms with Gasteiger partial charge in [0, 0.05) is 6.54 Å². The Morgan fingerprint density at radius 2 is 2.33 bits per heavy atom. The number of nitrogens with zero attached hydrogens (tertiary/aromatic N) is 2. The third-order valence-electron chi connectivity index (χ3n) is 1.95. The minimum Gasteiger partial charge on any atom is -0.464 e. The van der Waals surface area contributed by atoms with Crippen molar-refractivity contribution in [2.24, 2.45) is 0 Å². The number of carbonyl (C=O) groups excluding carboxylic acids is 1. The second-order valence-electron chi connectivity index (χ2n) is 3.40. The van der Waals surface area contributed by atoms with Gasteiger partial charge < -0.3 is 15.0 Å². The fraction of sp³-hybridized carbons (Fsp3) is 0.400. The van der Waals surface area contributed by atoms with E-state index in [9.17, 15) is 4.79 Å². The first kappa shape index (κ1) is 11.3. The highest BCUT2D eigenvalue weighted by atomic mass is 16.5. The molecule has 0 bridgehead atoms. The van der Waals surface area contributed by atoms with E-state index in [0.717, 1.165) is 0 Å². The average molecular weight is 209 g/mol.